The van der Waals surface area contributed by atoms with Crippen LogP contribution in [0.1, 0.15) is 18.4 Å². The van der Waals surface area contributed by atoms with Gasteiger partial charge in [-0.05, 0) is 43.0 Å². The van der Waals surface area contributed by atoms with Crippen LogP contribution in [0, 0.1) is 5.92 Å². The molecule has 0 aromatic heterocycles. The lowest BCUT2D eigenvalue weighted by Gasteiger charge is -2.31. The minimum absolute atomic E-state index is 0.00730. The topological polar surface area (TPSA) is 80.5 Å². The van der Waals surface area contributed by atoms with Crippen molar-refractivity contribution in [2.75, 3.05) is 28.7 Å². The second-order valence-corrected chi connectivity index (χ2v) is 7.81. The van der Waals surface area contributed by atoms with Crippen LogP contribution in [0.2, 0.25) is 0 Å². The normalized spacial score (nSPS) is 24.4. The van der Waals surface area contributed by atoms with Gasteiger partial charge in [0.2, 0.25) is 5.91 Å². The maximum Gasteiger partial charge on any atom is 0.231 e. The third-order valence-electron chi connectivity index (χ3n) is 4.07. The second-order valence-electron chi connectivity index (χ2n) is 5.58. The maximum absolute atomic E-state index is 12.6. The third-order valence-corrected chi connectivity index (χ3v) is 5.84. The van der Waals surface area contributed by atoms with Crippen molar-refractivity contribution >= 4 is 27.1 Å². The number of sulfone groups is 1. The zero-order valence-electron chi connectivity index (χ0n) is 11.2. The van der Waals surface area contributed by atoms with Gasteiger partial charge in [0.05, 0.1) is 17.4 Å². The summed E-state index contributed by atoms with van der Waals surface area (Å²) >= 11 is 0. The first kappa shape index (κ1) is 13.4. The molecule has 1 aromatic rings. The van der Waals surface area contributed by atoms with Crippen LogP contribution in [0.5, 0.6) is 0 Å². The number of carbonyl (C=O) groups is 1. The van der Waals surface area contributed by atoms with Gasteiger partial charge in [0.25, 0.3) is 0 Å². The number of rotatable bonds is 1. The van der Waals surface area contributed by atoms with Crippen LogP contribution in [-0.4, -0.2) is 32.4 Å². The Bertz CT molecular complexity index is 654. The van der Waals surface area contributed by atoms with Gasteiger partial charge in [-0.1, -0.05) is 0 Å². The fourth-order valence-corrected chi connectivity index (χ4v) is 4.79. The number of carbonyl (C=O) groups excluding carboxylic acids is 1. The van der Waals surface area contributed by atoms with Gasteiger partial charge in [0.15, 0.2) is 9.84 Å². The molecule has 2 heterocycles. The van der Waals surface area contributed by atoms with Crippen molar-refractivity contribution in [3.63, 3.8) is 0 Å². The van der Waals surface area contributed by atoms with Crippen molar-refractivity contribution < 1.29 is 13.2 Å². The van der Waals surface area contributed by atoms with Gasteiger partial charge < -0.3 is 10.6 Å². The van der Waals surface area contributed by atoms with E-state index in [0.29, 0.717) is 18.7 Å². The lowest BCUT2D eigenvalue weighted by atomic mass is 9.98. The van der Waals surface area contributed by atoms with Crippen LogP contribution in [0.25, 0.3) is 0 Å². The average molecular weight is 294 g/mol. The number of aryl methyl sites for hydroxylation is 1. The molecule has 0 bridgehead atoms. The Morgan fingerprint density at radius 2 is 2.15 bits per heavy atom. The number of amides is 1. The Morgan fingerprint density at radius 1 is 1.35 bits per heavy atom. The molecule has 1 unspecified atom stereocenters. The fourth-order valence-electron chi connectivity index (χ4n) is 3.06. The average Bonchev–Trinajstić information content (AvgIpc) is 2.77. The highest BCUT2D eigenvalue weighted by Gasteiger charge is 2.36. The Morgan fingerprint density at radius 3 is 2.85 bits per heavy atom. The van der Waals surface area contributed by atoms with Crippen molar-refractivity contribution in [1.29, 1.82) is 0 Å². The van der Waals surface area contributed by atoms with Crippen LogP contribution >= 0.6 is 0 Å². The summed E-state index contributed by atoms with van der Waals surface area (Å²) in [5.41, 5.74) is 8.44. The molecule has 0 radical (unpaired) electrons. The fraction of sp³-hybridized carbons (Fsp3) is 0.500. The van der Waals surface area contributed by atoms with Crippen LogP contribution in [0.4, 0.5) is 11.4 Å². The summed E-state index contributed by atoms with van der Waals surface area (Å²) < 4.78 is 23.1. The molecule has 0 spiro atoms. The van der Waals surface area contributed by atoms with E-state index in [0.717, 1.165) is 24.1 Å². The number of benzene rings is 1. The molecule has 0 saturated carbocycles. The Kier molecular flexibility index (Phi) is 3.20. The zero-order chi connectivity index (χ0) is 14.3. The van der Waals surface area contributed by atoms with Crippen LogP contribution in [-0.2, 0) is 21.1 Å². The summed E-state index contributed by atoms with van der Waals surface area (Å²) in [6.07, 6.45) is 2.25. The molecular weight excluding hydrogens is 276 g/mol. The van der Waals surface area contributed by atoms with Crippen LogP contribution < -0.4 is 10.6 Å². The molecule has 2 N–H and O–H groups in total. The maximum atomic E-state index is 12.6. The molecule has 2 aliphatic heterocycles. The highest BCUT2D eigenvalue weighted by Crippen LogP contribution is 2.31. The highest BCUT2D eigenvalue weighted by molar-refractivity contribution is 7.91. The van der Waals surface area contributed by atoms with Gasteiger partial charge in [0.1, 0.15) is 0 Å². The van der Waals surface area contributed by atoms with E-state index in [1.165, 1.54) is 0 Å². The quantitative estimate of drug-likeness (QED) is 0.783. The number of anilines is 2. The van der Waals surface area contributed by atoms with E-state index in [-0.39, 0.29) is 23.3 Å². The van der Waals surface area contributed by atoms with Crippen molar-refractivity contribution in [1.82, 2.24) is 0 Å². The molecule has 1 amide bonds. The molecule has 2 aliphatic rings. The number of fused-ring (bicyclic) bond motifs is 1. The number of nitrogen functional groups attached to an aromatic ring is 1. The predicted octanol–water partition coefficient (Wildman–Crippen LogP) is 0.983. The SMILES string of the molecule is Nc1ccc2c(c1)CCCN2C(=O)C1CCS(=O)(=O)C1. The summed E-state index contributed by atoms with van der Waals surface area (Å²) in [5, 5.41) is 0. The zero-order valence-corrected chi connectivity index (χ0v) is 12.0. The van der Waals surface area contributed by atoms with E-state index in [9.17, 15) is 13.2 Å². The number of nitrogens with two attached hydrogens (primary N) is 1. The van der Waals surface area contributed by atoms with E-state index >= 15 is 0 Å². The largest absolute Gasteiger partial charge is 0.399 e. The number of nitrogens with zero attached hydrogens (tertiary/aromatic N) is 1. The smallest absolute Gasteiger partial charge is 0.231 e. The van der Waals surface area contributed by atoms with Crippen molar-refractivity contribution in [2.24, 2.45) is 5.92 Å². The summed E-state index contributed by atoms with van der Waals surface area (Å²) in [6, 6.07) is 5.56. The predicted molar refractivity (Wildman–Crippen MR) is 78.3 cm³/mol. The summed E-state index contributed by atoms with van der Waals surface area (Å²) in [5.74, 6) is -0.321. The van der Waals surface area contributed by atoms with Gasteiger partial charge in [-0.25, -0.2) is 8.42 Å². The molecule has 1 fully saturated rings. The van der Waals surface area contributed by atoms with Gasteiger partial charge in [-0.3, -0.25) is 4.79 Å². The van der Waals surface area contributed by atoms with E-state index in [4.69, 9.17) is 5.73 Å². The Balaban J connectivity index is 1.87. The summed E-state index contributed by atoms with van der Waals surface area (Å²) in [4.78, 5) is 14.3. The monoisotopic (exact) mass is 294 g/mol. The summed E-state index contributed by atoms with van der Waals surface area (Å²) in [7, 11) is -3.03. The van der Waals surface area contributed by atoms with Gasteiger partial charge in [-0.15, -0.1) is 0 Å². The molecule has 108 valence electrons. The van der Waals surface area contributed by atoms with Crippen molar-refractivity contribution in [3.8, 4) is 0 Å². The standard InChI is InChI=1S/C14H18N2O3S/c15-12-3-4-13-10(8-12)2-1-6-16(13)14(17)11-5-7-20(18,19)9-11/h3-4,8,11H,1-2,5-7,9,15H2. The van der Waals surface area contributed by atoms with Crippen molar-refractivity contribution in [3.05, 3.63) is 23.8 Å². The Labute approximate surface area is 118 Å². The van der Waals surface area contributed by atoms with E-state index in [1.807, 2.05) is 12.1 Å². The summed E-state index contributed by atoms with van der Waals surface area (Å²) in [6.45, 7) is 0.659. The van der Waals surface area contributed by atoms with E-state index in [2.05, 4.69) is 0 Å². The van der Waals surface area contributed by atoms with Gasteiger partial charge in [0, 0.05) is 17.9 Å². The van der Waals surface area contributed by atoms with E-state index < -0.39 is 9.84 Å². The molecule has 20 heavy (non-hydrogen) atoms. The van der Waals surface area contributed by atoms with Gasteiger partial charge >= 0.3 is 0 Å². The number of hydrogen-bond acceptors (Lipinski definition) is 4. The molecule has 1 aromatic carbocycles. The first-order chi connectivity index (χ1) is 9.46. The molecule has 5 nitrogen and oxygen atoms in total. The lowest BCUT2D eigenvalue weighted by molar-refractivity contribution is -0.121. The highest BCUT2D eigenvalue weighted by atomic mass is 32.2. The lowest BCUT2D eigenvalue weighted by Crippen LogP contribution is -2.40. The van der Waals surface area contributed by atoms with Crippen LogP contribution in [0.15, 0.2) is 18.2 Å². The minimum Gasteiger partial charge on any atom is -0.399 e. The van der Waals surface area contributed by atoms with Crippen LogP contribution in [0.3, 0.4) is 0 Å². The number of hydrogen-bond donors (Lipinski definition) is 1. The molecule has 3 rings (SSSR count). The first-order valence-corrected chi connectivity index (χ1v) is 8.69. The molecule has 6 heteroatoms. The van der Waals surface area contributed by atoms with Crippen molar-refractivity contribution in [2.45, 2.75) is 19.3 Å². The molecule has 1 saturated heterocycles. The van der Waals surface area contributed by atoms with Gasteiger partial charge in [-0.2, -0.15) is 0 Å². The first-order valence-electron chi connectivity index (χ1n) is 6.86. The third kappa shape index (κ3) is 2.40. The second kappa shape index (κ2) is 4.77. The minimum atomic E-state index is -3.03. The van der Waals surface area contributed by atoms with E-state index in [1.54, 1.807) is 11.0 Å². The Hall–Kier alpha value is -1.56. The molecule has 1 atom stereocenters. The molecule has 0 aliphatic carbocycles. The molecular formula is C14H18N2O3S.